The van der Waals surface area contributed by atoms with Crippen molar-refractivity contribution in [2.24, 2.45) is 0 Å². The van der Waals surface area contributed by atoms with E-state index in [0.717, 1.165) is 74.2 Å². The van der Waals surface area contributed by atoms with Crippen molar-refractivity contribution in [1.29, 1.82) is 0 Å². The SMILES string of the molecule is CC1(C)C(/C=C/C2=C(Cl)C(=C/C=C3/N(CCCCCC(=O)[O-])c4ccccc4C3(C)C)/CCC2)=[N+](CCCCCC(=O)O)c2ccccc21. The number of hydrogen-bond acceptors (Lipinski definition) is 4. The maximum absolute atomic E-state index is 11.0. The van der Waals surface area contributed by atoms with Crippen molar-refractivity contribution in [2.45, 2.75) is 109 Å². The number of carbonyl (C=O) groups is 2. The summed E-state index contributed by atoms with van der Waals surface area (Å²) < 4.78 is 2.41. The molecule has 2 aromatic carbocycles. The summed E-state index contributed by atoms with van der Waals surface area (Å²) in [5.41, 5.74) is 9.47. The van der Waals surface area contributed by atoms with Crippen molar-refractivity contribution in [3.05, 3.63) is 106 Å². The minimum Gasteiger partial charge on any atom is -0.550 e. The molecule has 0 aromatic heterocycles. The largest absolute Gasteiger partial charge is 0.550 e. The minimum atomic E-state index is -0.982. The first kappa shape index (κ1) is 36.4. The number of anilines is 1. The lowest BCUT2D eigenvalue weighted by Crippen LogP contribution is -2.28. The predicted molar refractivity (Wildman–Crippen MR) is 198 cm³/mol. The molecule has 260 valence electrons. The Morgan fingerprint density at radius 1 is 0.857 bits per heavy atom. The first-order chi connectivity index (χ1) is 23.4. The Bertz CT molecular complexity index is 1730. The molecular formula is C42H51ClN2O4. The topological polar surface area (TPSA) is 83.7 Å². The number of halogens is 1. The normalized spacial score (nSPS) is 19.7. The van der Waals surface area contributed by atoms with Crippen LogP contribution in [0.5, 0.6) is 0 Å². The lowest BCUT2D eigenvalue weighted by molar-refractivity contribution is -0.438. The molecule has 2 heterocycles. The Balaban J connectivity index is 1.41. The van der Waals surface area contributed by atoms with Gasteiger partial charge in [0.2, 0.25) is 5.69 Å². The highest BCUT2D eigenvalue weighted by atomic mass is 35.5. The van der Waals surface area contributed by atoms with Gasteiger partial charge in [-0.1, -0.05) is 80.4 Å². The van der Waals surface area contributed by atoms with Gasteiger partial charge < -0.3 is 19.9 Å². The third-order valence-electron chi connectivity index (χ3n) is 10.5. The highest BCUT2D eigenvalue weighted by Crippen LogP contribution is 2.48. The fourth-order valence-corrected chi connectivity index (χ4v) is 8.08. The summed E-state index contributed by atoms with van der Waals surface area (Å²) in [7, 11) is 0. The van der Waals surface area contributed by atoms with E-state index in [0.29, 0.717) is 12.8 Å². The second-order valence-electron chi connectivity index (χ2n) is 14.6. The van der Waals surface area contributed by atoms with Gasteiger partial charge in [-0.2, -0.15) is 4.58 Å². The van der Waals surface area contributed by atoms with Crippen LogP contribution in [0.15, 0.2) is 94.7 Å². The molecule has 0 saturated heterocycles. The Morgan fingerprint density at radius 3 is 2.31 bits per heavy atom. The zero-order chi connectivity index (χ0) is 35.2. The van der Waals surface area contributed by atoms with E-state index in [-0.39, 0.29) is 23.7 Å². The van der Waals surface area contributed by atoms with Gasteiger partial charge in [0.05, 0.1) is 5.41 Å². The standard InChI is InChI=1S/C42H51ClN2O4/c1-41(2)32-18-9-11-20-34(32)44(28-13-5-7-22-38(46)47)36(41)26-24-30-16-15-17-31(40(30)43)25-27-37-42(3,4)33-19-10-12-21-35(33)45(37)29-14-6-8-23-39(48)49/h9-12,18-21,24-27H,5-8,13-17,22-23,28-29H2,1-4H3,(H-,46,47,48,49). The van der Waals surface area contributed by atoms with Gasteiger partial charge in [0.15, 0.2) is 5.71 Å². The maximum atomic E-state index is 11.0. The number of unbranched alkanes of at least 4 members (excludes halogenated alkanes) is 4. The van der Waals surface area contributed by atoms with E-state index in [4.69, 9.17) is 16.7 Å². The van der Waals surface area contributed by atoms with Crippen LogP contribution in [-0.4, -0.2) is 40.4 Å². The van der Waals surface area contributed by atoms with E-state index in [1.807, 2.05) is 0 Å². The molecule has 0 saturated carbocycles. The average Bonchev–Trinajstić information content (AvgIpc) is 3.41. The molecule has 2 aromatic rings. The molecule has 5 rings (SSSR count). The number of benzene rings is 2. The third-order valence-corrected chi connectivity index (χ3v) is 11.0. The smallest absolute Gasteiger partial charge is 0.303 e. The molecule has 7 heteroatoms. The molecule has 6 nitrogen and oxygen atoms in total. The van der Waals surface area contributed by atoms with Crippen LogP contribution in [0.3, 0.4) is 0 Å². The van der Waals surface area contributed by atoms with Crippen LogP contribution in [0.4, 0.5) is 11.4 Å². The number of para-hydroxylation sites is 2. The van der Waals surface area contributed by atoms with Crippen LogP contribution in [0, 0.1) is 0 Å². The zero-order valence-electron chi connectivity index (χ0n) is 29.6. The van der Waals surface area contributed by atoms with Crippen LogP contribution >= 0.6 is 11.6 Å². The molecule has 49 heavy (non-hydrogen) atoms. The number of fused-ring (bicyclic) bond motifs is 2. The van der Waals surface area contributed by atoms with Crippen molar-refractivity contribution in [1.82, 2.24) is 0 Å². The lowest BCUT2D eigenvalue weighted by atomic mass is 9.81. The van der Waals surface area contributed by atoms with Gasteiger partial charge in [0.25, 0.3) is 0 Å². The molecule has 1 aliphatic carbocycles. The summed E-state index contributed by atoms with van der Waals surface area (Å²) in [6.07, 6.45) is 17.0. The number of aliphatic carboxylic acids is 2. The number of carboxylic acids is 2. The van der Waals surface area contributed by atoms with Crippen molar-refractivity contribution in [3.8, 4) is 0 Å². The minimum absolute atomic E-state index is 0.106. The summed E-state index contributed by atoms with van der Waals surface area (Å²) in [6.45, 7) is 10.8. The molecule has 0 unspecified atom stereocenters. The van der Waals surface area contributed by atoms with E-state index in [2.05, 4.69) is 110 Å². The Hall–Kier alpha value is -3.90. The monoisotopic (exact) mass is 682 g/mol. The van der Waals surface area contributed by atoms with Crippen molar-refractivity contribution >= 4 is 40.6 Å². The molecule has 0 spiro atoms. The number of nitrogens with zero attached hydrogens (tertiary/aromatic N) is 2. The van der Waals surface area contributed by atoms with E-state index in [1.165, 1.54) is 33.9 Å². The molecule has 3 aliphatic rings. The number of allylic oxidation sites excluding steroid dienone is 8. The second kappa shape index (κ2) is 15.8. The number of carbonyl (C=O) groups excluding carboxylic acids is 1. The van der Waals surface area contributed by atoms with Crippen molar-refractivity contribution in [2.75, 3.05) is 18.0 Å². The predicted octanol–water partition coefficient (Wildman–Crippen LogP) is 8.86. The van der Waals surface area contributed by atoms with Crippen molar-refractivity contribution < 1.29 is 24.4 Å². The Kier molecular flexibility index (Phi) is 11.7. The lowest BCUT2D eigenvalue weighted by Gasteiger charge is -2.27. The van der Waals surface area contributed by atoms with Crippen molar-refractivity contribution in [3.63, 3.8) is 0 Å². The van der Waals surface area contributed by atoms with Gasteiger partial charge >= 0.3 is 5.97 Å². The van der Waals surface area contributed by atoms with E-state index in [1.54, 1.807) is 0 Å². The molecule has 0 fully saturated rings. The summed E-state index contributed by atoms with van der Waals surface area (Å²) >= 11 is 7.19. The molecule has 2 aliphatic heterocycles. The van der Waals surface area contributed by atoms with Gasteiger partial charge in [-0.25, -0.2) is 0 Å². The summed E-state index contributed by atoms with van der Waals surface area (Å²) in [5, 5.41) is 20.8. The number of rotatable bonds is 15. The van der Waals surface area contributed by atoms with E-state index in [9.17, 15) is 14.7 Å². The Labute approximate surface area is 297 Å². The summed E-state index contributed by atoms with van der Waals surface area (Å²) in [6, 6.07) is 17.2. The van der Waals surface area contributed by atoms with Gasteiger partial charge in [0, 0.05) is 64.9 Å². The molecule has 0 amide bonds. The van der Waals surface area contributed by atoms with Crippen LogP contribution in [0.1, 0.15) is 109 Å². The molecule has 0 atom stereocenters. The number of carboxylic acid groups (broad SMARTS) is 2. The molecule has 0 bridgehead atoms. The van der Waals surface area contributed by atoms with Gasteiger partial charge in [-0.15, -0.1) is 0 Å². The fourth-order valence-electron chi connectivity index (χ4n) is 7.77. The fraction of sp³-hybridized carbons (Fsp3) is 0.452. The van der Waals surface area contributed by atoms with Crippen LogP contribution in [0.25, 0.3) is 0 Å². The summed E-state index contributed by atoms with van der Waals surface area (Å²) in [4.78, 5) is 24.3. The van der Waals surface area contributed by atoms with E-state index < -0.39 is 11.9 Å². The average molecular weight is 683 g/mol. The Morgan fingerprint density at radius 2 is 1.55 bits per heavy atom. The van der Waals surface area contributed by atoms with Crippen LogP contribution in [0.2, 0.25) is 0 Å². The van der Waals surface area contributed by atoms with Crippen LogP contribution in [-0.2, 0) is 20.4 Å². The highest BCUT2D eigenvalue weighted by molar-refractivity contribution is 6.32. The van der Waals surface area contributed by atoms with E-state index >= 15 is 0 Å². The van der Waals surface area contributed by atoms with Gasteiger partial charge in [0.1, 0.15) is 6.54 Å². The molecule has 0 radical (unpaired) electrons. The first-order valence-electron chi connectivity index (χ1n) is 17.9. The molecular weight excluding hydrogens is 632 g/mol. The van der Waals surface area contributed by atoms with Gasteiger partial charge in [-0.3, -0.25) is 4.79 Å². The summed E-state index contributed by atoms with van der Waals surface area (Å²) in [5.74, 6) is -1.72. The first-order valence-corrected chi connectivity index (χ1v) is 18.3. The highest BCUT2D eigenvalue weighted by Gasteiger charge is 2.44. The zero-order valence-corrected chi connectivity index (χ0v) is 30.3. The quantitative estimate of drug-likeness (QED) is 0.150. The third kappa shape index (κ3) is 8.12. The van der Waals surface area contributed by atoms with Gasteiger partial charge in [-0.05, 0) is 94.1 Å². The van der Waals surface area contributed by atoms with Crippen LogP contribution < -0.4 is 10.0 Å². The second-order valence-corrected chi connectivity index (χ2v) is 15.0. The number of hydrogen-bond donors (Lipinski definition) is 1. The maximum Gasteiger partial charge on any atom is 0.303 e. The molecule has 1 N–H and O–H groups in total.